The van der Waals surface area contributed by atoms with Gasteiger partial charge in [-0.25, -0.2) is 8.42 Å². The summed E-state index contributed by atoms with van der Waals surface area (Å²) in [5.41, 5.74) is 4.51. The van der Waals surface area contributed by atoms with Gasteiger partial charge in [0.1, 0.15) is 0 Å². The monoisotopic (exact) mass is 416 g/mol. The molecule has 1 aliphatic heterocycles. The number of rotatable bonds is 5. The topological polar surface area (TPSA) is 43.4 Å². The molecule has 152 valence electrons. The van der Waals surface area contributed by atoms with Crippen LogP contribution < -0.4 is 0 Å². The minimum Gasteiger partial charge on any atom is -0.375 e. The fourth-order valence-electron chi connectivity index (χ4n) is 3.82. The number of ether oxygens (including phenoxy) is 1. The Hall–Kier alpha value is -2.95. The highest BCUT2D eigenvalue weighted by molar-refractivity contribution is 7.95. The molecule has 0 bridgehead atoms. The van der Waals surface area contributed by atoms with Gasteiger partial charge in [-0.15, -0.1) is 0 Å². The third-order valence-corrected chi connectivity index (χ3v) is 7.35. The molecule has 4 rings (SSSR count). The number of aryl methyl sites for hydroxylation is 1. The minimum absolute atomic E-state index is 0.0546. The van der Waals surface area contributed by atoms with Crippen molar-refractivity contribution in [2.45, 2.75) is 11.8 Å². The zero-order valence-electron chi connectivity index (χ0n) is 16.9. The average Bonchev–Trinajstić information content (AvgIpc) is 2.79. The summed E-state index contributed by atoms with van der Waals surface area (Å²) in [7, 11) is -3.71. The Labute approximate surface area is 178 Å². The molecule has 1 unspecified atom stereocenters. The lowest BCUT2D eigenvalue weighted by molar-refractivity contribution is 0.142. The third kappa shape index (κ3) is 3.89. The molecule has 0 saturated carbocycles. The van der Waals surface area contributed by atoms with Gasteiger partial charge in [0, 0.05) is 5.92 Å². The van der Waals surface area contributed by atoms with Crippen LogP contribution in [0.25, 0.3) is 11.1 Å². The molecule has 0 aliphatic carbocycles. The molecular formula is C26H24O3S. The van der Waals surface area contributed by atoms with Gasteiger partial charge in [0.25, 0.3) is 0 Å². The van der Waals surface area contributed by atoms with E-state index in [1.54, 1.807) is 12.1 Å². The van der Waals surface area contributed by atoms with Gasteiger partial charge < -0.3 is 4.74 Å². The second-order valence-corrected chi connectivity index (χ2v) is 9.45. The Balaban J connectivity index is 1.91. The van der Waals surface area contributed by atoms with Crippen molar-refractivity contribution in [3.8, 4) is 0 Å². The molecule has 0 fully saturated rings. The summed E-state index contributed by atoms with van der Waals surface area (Å²) in [5.74, 6) is -0.251. The molecule has 0 N–H and O–H groups in total. The summed E-state index contributed by atoms with van der Waals surface area (Å²) < 4.78 is 33.1. The van der Waals surface area contributed by atoms with Crippen molar-refractivity contribution in [3.63, 3.8) is 0 Å². The van der Waals surface area contributed by atoms with E-state index in [-0.39, 0.29) is 17.4 Å². The van der Waals surface area contributed by atoms with Crippen LogP contribution in [0.5, 0.6) is 0 Å². The van der Waals surface area contributed by atoms with Crippen LogP contribution in [0.15, 0.2) is 101 Å². The zero-order valence-corrected chi connectivity index (χ0v) is 17.7. The van der Waals surface area contributed by atoms with E-state index in [0.717, 1.165) is 27.8 Å². The van der Waals surface area contributed by atoms with Crippen molar-refractivity contribution >= 4 is 21.0 Å². The second kappa shape index (κ2) is 8.42. The number of sulfone groups is 1. The maximum absolute atomic E-state index is 13.6. The van der Waals surface area contributed by atoms with E-state index in [4.69, 9.17) is 4.74 Å². The first-order valence-electron chi connectivity index (χ1n) is 9.90. The lowest BCUT2D eigenvalue weighted by atomic mass is 9.83. The van der Waals surface area contributed by atoms with Crippen molar-refractivity contribution in [2.24, 2.45) is 5.92 Å². The van der Waals surface area contributed by atoms with E-state index in [9.17, 15) is 8.42 Å². The van der Waals surface area contributed by atoms with Crippen molar-refractivity contribution in [2.75, 3.05) is 13.2 Å². The SMILES string of the molecule is C=C(c1ccccc1)C1COCC(S(=O)(=O)c2ccc(C)cc2)=C1c1ccccc1. The first kappa shape index (κ1) is 20.3. The standard InChI is InChI=1S/C26H24O3S/c1-19-13-15-23(16-14-19)30(27,28)25-18-29-17-24(20(2)21-9-5-3-6-10-21)26(25)22-11-7-4-8-12-22/h3-16,24H,2,17-18H2,1H3. The summed E-state index contributed by atoms with van der Waals surface area (Å²) in [5, 5.41) is 0. The van der Waals surface area contributed by atoms with Gasteiger partial charge in [0.2, 0.25) is 9.84 Å². The Kier molecular flexibility index (Phi) is 5.71. The third-order valence-electron chi connectivity index (χ3n) is 5.47. The molecule has 0 spiro atoms. The van der Waals surface area contributed by atoms with Crippen LogP contribution in [0.4, 0.5) is 0 Å². The molecule has 3 aromatic carbocycles. The molecule has 3 aromatic rings. The molecule has 30 heavy (non-hydrogen) atoms. The maximum Gasteiger partial charge on any atom is 0.205 e. The quantitative estimate of drug-likeness (QED) is 0.548. The predicted molar refractivity (Wildman–Crippen MR) is 122 cm³/mol. The Morgan fingerprint density at radius 1 is 0.900 bits per heavy atom. The van der Waals surface area contributed by atoms with Gasteiger partial charge in [0.05, 0.1) is 23.0 Å². The molecule has 3 nitrogen and oxygen atoms in total. The maximum atomic E-state index is 13.6. The van der Waals surface area contributed by atoms with Crippen LogP contribution in [0.2, 0.25) is 0 Å². The van der Waals surface area contributed by atoms with E-state index < -0.39 is 9.84 Å². The highest BCUT2D eigenvalue weighted by Crippen LogP contribution is 2.41. The molecular weight excluding hydrogens is 392 g/mol. The molecule has 0 amide bonds. The van der Waals surface area contributed by atoms with E-state index in [2.05, 4.69) is 6.58 Å². The van der Waals surface area contributed by atoms with Crippen molar-refractivity contribution < 1.29 is 13.2 Å². The highest BCUT2D eigenvalue weighted by Gasteiger charge is 2.34. The Bertz CT molecular complexity index is 1180. The molecule has 0 aromatic heterocycles. The first-order valence-corrected chi connectivity index (χ1v) is 11.4. The molecule has 0 radical (unpaired) electrons. The van der Waals surface area contributed by atoms with Gasteiger partial charge in [-0.2, -0.15) is 0 Å². The largest absolute Gasteiger partial charge is 0.375 e. The molecule has 4 heteroatoms. The van der Waals surface area contributed by atoms with Gasteiger partial charge in [0.15, 0.2) is 0 Å². The van der Waals surface area contributed by atoms with Crippen LogP contribution >= 0.6 is 0 Å². The van der Waals surface area contributed by atoms with E-state index >= 15 is 0 Å². The lowest BCUT2D eigenvalue weighted by Gasteiger charge is -2.30. The van der Waals surface area contributed by atoms with Crippen molar-refractivity contribution in [1.82, 2.24) is 0 Å². The highest BCUT2D eigenvalue weighted by atomic mass is 32.2. The number of hydrogen-bond acceptors (Lipinski definition) is 3. The van der Waals surface area contributed by atoms with Crippen LogP contribution in [-0.4, -0.2) is 21.6 Å². The molecule has 0 saturated heterocycles. The summed E-state index contributed by atoms with van der Waals surface area (Å²) >= 11 is 0. The Morgan fingerprint density at radius 3 is 2.13 bits per heavy atom. The smallest absolute Gasteiger partial charge is 0.205 e. The first-order chi connectivity index (χ1) is 14.5. The van der Waals surface area contributed by atoms with E-state index in [0.29, 0.717) is 11.5 Å². The van der Waals surface area contributed by atoms with Crippen LogP contribution in [-0.2, 0) is 14.6 Å². The fraction of sp³-hybridized carbons (Fsp3) is 0.154. The number of benzene rings is 3. The lowest BCUT2D eigenvalue weighted by Crippen LogP contribution is -2.26. The van der Waals surface area contributed by atoms with Crippen molar-refractivity contribution in [1.29, 1.82) is 0 Å². The fourth-order valence-corrected chi connectivity index (χ4v) is 5.38. The molecule has 1 atom stereocenters. The van der Waals surface area contributed by atoms with Gasteiger partial charge in [-0.1, -0.05) is 84.9 Å². The molecule has 1 heterocycles. The van der Waals surface area contributed by atoms with E-state index in [1.807, 2.05) is 79.7 Å². The summed E-state index contributed by atoms with van der Waals surface area (Å²) in [4.78, 5) is 0.594. The van der Waals surface area contributed by atoms with Crippen LogP contribution in [0, 0.1) is 12.8 Å². The van der Waals surface area contributed by atoms with Gasteiger partial charge in [-0.3, -0.25) is 0 Å². The Morgan fingerprint density at radius 2 is 1.50 bits per heavy atom. The molecule has 1 aliphatic rings. The summed E-state index contributed by atoms with van der Waals surface area (Å²) in [6.45, 7) is 6.70. The minimum atomic E-state index is -3.71. The van der Waals surface area contributed by atoms with Crippen LogP contribution in [0.1, 0.15) is 16.7 Å². The van der Waals surface area contributed by atoms with Crippen LogP contribution in [0.3, 0.4) is 0 Å². The predicted octanol–water partition coefficient (Wildman–Crippen LogP) is 5.54. The zero-order chi connectivity index (χ0) is 21.1. The van der Waals surface area contributed by atoms with Gasteiger partial charge in [-0.05, 0) is 41.3 Å². The average molecular weight is 417 g/mol. The summed E-state index contributed by atoms with van der Waals surface area (Å²) in [6.07, 6.45) is 0. The van der Waals surface area contributed by atoms with E-state index in [1.165, 1.54) is 0 Å². The normalized spacial score (nSPS) is 17.0. The second-order valence-electron chi connectivity index (χ2n) is 7.48. The van der Waals surface area contributed by atoms with Crippen molar-refractivity contribution in [3.05, 3.63) is 113 Å². The summed E-state index contributed by atoms with van der Waals surface area (Å²) in [6, 6.07) is 26.5. The van der Waals surface area contributed by atoms with Gasteiger partial charge >= 0.3 is 0 Å². The number of hydrogen-bond donors (Lipinski definition) is 0.